The number of nitrogens with one attached hydrogen (secondary N) is 1. The van der Waals surface area contributed by atoms with Crippen molar-refractivity contribution in [1.29, 1.82) is 0 Å². The number of carbonyl (C=O) groups is 1. The van der Waals surface area contributed by atoms with Gasteiger partial charge in [0.25, 0.3) is 5.91 Å². The Hall–Kier alpha value is -2.25. The molecule has 0 atom stereocenters. The first-order valence-corrected chi connectivity index (χ1v) is 8.59. The van der Waals surface area contributed by atoms with Crippen LogP contribution in [-0.2, 0) is 4.79 Å². The number of carbonyl (C=O) groups excluding carboxylic acids is 1. The lowest BCUT2D eigenvalue weighted by Gasteiger charge is -2.06. The van der Waals surface area contributed by atoms with E-state index in [1.165, 1.54) is 18.9 Å². The summed E-state index contributed by atoms with van der Waals surface area (Å²) in [6, 6.07) is 12.8. The number of phenols is 1. The van der Waals surface area contributed by atoms with E-state index in [9.17, 15) is 9.90 Å². The number of phenolic OH excluding ortho intramolecular Hbond substituents is 1. The number of ether oxygens (including phenoxy) is 1. The molecule has 5 nitrogen and oxygen atoms in total. The molecule has 1 heterocycles. The van der Waals surface area contributed by atoms with Crippen LogP contribution in [0.3, 0.4) is 0 Å². The molecule has 0 aliphatic carbocycles. The third kappa shape index (κ3) is 3.63. The molecule has 24 heavy (non-hydrogen) atoms. The maximum Gasteiger partial charge on any atom is 0.264 e. The number of hydrogen-bond acceptors (Lipinski definition) is 5. The first-order chi connectivity index (χ1) is 11.6. The number of benzene rings is 2. The lowest BCUT2D eigenvalue weighted by molar-refractivity contribution is -0.115. The van der Waals surface area contributed by atoms with Crippen LogP contribution in [0, 0.1) is 0 Å². The number of nitrogens with zero attached hydrogens (tertiary/aromatic N) is 1. The van der Waals surface area contributed by atoms with Gasteiger partial charge in [-0.2, -0.15) is 0 Å². The highest BCUT2D eigenvalue weighted by atomic mass is 79.9. The highest BCUT2D eigenvalue weighted by molar-refractivity contribution is 9.10. The second kappa shape index (κ2) is 7.11. The molecule has 1 aliphatic rings. The molecular formula is C17H13BrN2O3S. The van der Waals surface area contributed by atoms with Gasteiger partial charge in [0.2, 0.25) is 0 Å². The standard InChI is InChI=1S/C17H13BrN2O3S/c1-23-13-8-10(7-12(18)15(13)21)9-14-16(22)20-17(24-14)19-11-5-3-2-4-6-11/h2-9,21H,1H3,(H,19,20,22)/b14-9-. The molecule has 1 saturated heterocycles. The summed E-state index contributed by atoms with van der Waals surface area (Å²) in [5.41, 5.74) is 1.51. The molecular weight excluding hydrogens is 392 g/mol. The molecule has 122 valence electrons. The molecule has 2 aromatic rings. The van der Waals surface area contributed by atoms with Crippen LogP contribution in [0.25, 0.3) is 6.08 Å². The molecule has 0 radical (unpaired) electrons. The topological polar surface area (TPSA) is 70.9 Å². The lowest BCUT2D eigenvalue weighted by Crippen LogP contribution is -2.19. The minimum Gasteiger partial charge on any atom is -0.503 e. The fourth-order valence-corrected chi connectivity index (χ4v) is 3.39. The Bertz CT molecular complexity index is 850. The zero-order valence-electron chi connectivity index (χ0n) is 12.6. The molecule has 1 amide bonds. The quantitative estimate of drug-likeness (QED) is 0.756. The van der Waals surface area contributed by atoms with Crippen molar-refractivity contribution < 1.29 is 14.6 Å². The van der Waals surface area contributed by atoms with Crippen molar-refractivity contribution >= 4 is 50.5 Å². The smallest absolute Gasteiger partial charge is 0.264 e. The highest BCUT2D eigenvalue weighted by Crippen LogP contribution is 2.37. The number of hydrogen-bond donors (Lipinski definition) is 2. The van der Waals surface area contributed by atoms with E-state index in [1.54, 1.807) is 18.2 Å². The second-order valence-electron chi connectivity index (χ2n) is 4.87. The van der Waals surface area contributed by atoms with Crippen molar-refractivity contribution in [2.45, 2.75) is 0 Å². The second-order valence-corrected chi connectivity index (χ2v) is 6.76. The Morgan fingerprint density at radius 2 is 2.04 bits per heavy atom. The van der Waals surface area contributed by atoms with Gasteiger partial charge in [0.05, 0.1) is 22.2 Å². The molecule has 0 unspecified atom stereocenters. The van der Waals surface area contributed by atoms with Crippen LogP contribution < -0.4 is 10.1 Å². The Balaban J connectivity index is 1.88. The van der Waals surface area contributed by atoms with E-state index in [0.29, 0.717) is 20.3 Å². The first kappa shape index (κ1) is 16.6. The monoisotopic (exact) mass is 404 g/mol. The van der Waals surface area contributed by atoms with Crippen molar-refractivity contribution in [3.05, 3.63) is 57.4 Å². The van der Waals surface area contributed by atoms with E-state index in [0.717, 1.165) is 11.3 Å². The fourth-order valence-electron chi connectivity index (χ4n) is 2.08. The molecule has 3 rings (SSSR count). The Labute approximate surface area is 151 Å². The molecule has 2 N–H and O–H groups in total. The maximum atomic E-state index is 12.1. The molecule has 0 spiro atoms. The average Bonchev–Trinajstić information content (AvgIpc) is 2.91. The summed E-state index contributed by atoms with van der Waals surface area (Å²) in [7, 11) is 1.47. The van der Waals surface area contributed by atoms with Crippen LogP contribution in [0.15, 0.2) is 56.8 Å². The third-order valence-corrected chi connectivity index (χ3v) is 4.72. The van der Waals surface area contributed by atoms with Crippen LogP contribution in [0.1, 0.15) is 5.56 Å². The predicted octanol–water partition coefficient (Wildman–Crippen LogP) is 4.05. The number of thioether (sulfide) groups is 1. The van der Waals surface area contributed by atoms with Gasteiger partial charge in [-0.25, -0.2) is 4.99 Å². The molecule has 0 bridgehead atoms. The van der Waals surface area contributed by atoms with Crippen LogP contribution in [0.2, 0.25) is 0 Å². The maximum absolute atomic E-state index is 12.1. The Morgan fingerprint density at radius 3 is 2.75 bits per heavy atom. The third-order valence-electron chi connectivity index (χ3n) is 3.21. The molecule has 1 aliphatic heterocycles. The van der Waals surface area contributed by atoms with Gasteiger partial charge in [0, 0.05) is 0 Å². The van der Waals surface area contributed by atoms with Crippen molar-refractivity contribution in [2.75, 3.05) is 7.11 Å². The Morgan fingerprint density at radius 1 is 1.29 bits per heavy atom. The van der Waals surface area contributed by atoms with Gasteiger partial charge in [0.1, 0.15) is 0 Å². The van der Waals surface area contributed by atoms with Gasteiger partial charge in [-0.15, -0.1) is 0 Å². The SMILES string of the molecule is COc1cc(/C=C2\SC(=Nc3ccccc3)NC2=O)cc(Br)c1O. The van der Waals surface area contributed by atoms with Crippen molar-refractivity contribution in [3.8, 4) is 11.5 Å². The lowest BCUT2D eigenvalue weighted by atomic mass is 10.2. The van der Waals surface area contributed by atoms with E-state index >= 15 is 0 Å². The summed E-state index contributed by atoms with van der Waals surface area (Å²) in [6.45, 7) is 0. The summed E-state index contributed by atoms with van der Waals surface area (Å²) in [5.74, 6) is 0.144. The highest BCUT2D eigenvalue weighted by Gasteiger charge is 2.24. The largest absolute Gasteiger partial charge is 0.503 e. The number of halogens is 1. The molecule has 1 fully saturated rings. The minimum atomic E-state index is -0.210. The normalized spacial score (nSPS) is 17.3. The number of aliphatic imine (C=N–C) groups is 1. The van der Waals surface area contributed by atoms with E-state index in [2.05, 4.69) is 26.2 Å². The van der Waals surface area contributed by atoms with Crippen LogP contribution in [0.4, 0.5) is 5.69 Å². The number of amides is 1. The van der Waals surface area contributed by atoms with Crippen LogP contribution in [-0.4, -0.2) is 23.3 Å². The fraction of sp³-hybridized carbons (Fsp3) is 0.0588. The summed E-state index contributed by atoms with van der Waals surface area (Å²) < 4.78 is 5.61. The van der Waals surface area contributed by atoms with E-state index in [-0.39, 0.29) is 11.7 Å². The van der Waals surface area contributed by atoms with Gasteiger partial charge in [-0.05, 0) is 63.6 Å². The minimum absolute atomic E-state index is 0.0227. The number of aromatic hydroxyl groups is 1. The number of rotatable bonds is 3. The molecule has 0 saturated carbocycles. The summed E-state index contributed by atoms with van der Waals surface area (Å²) in [4.78, 5) is 17.0. The summed E-state index contributed by atoms with van der Waals surface area (Å²) in [6.07, 6.45) is 1.72. The van der Waals surface area contributed by atoms with E-state index in [4.69, 9.17) is 4.74 Å². The summed E-state index contributed by atoms with van der Waals surface area (Å²) in [5, 5.41) is 13.1. The zero-order valence-corrected chi connectivity index (χ0v) is 15.0. The van der Waals surface area contributed by atoms with Gasteiger partial charge < -0.3 is 15.2 Å². The Kier molecular flexibility index (Phi) is 4.92. The van der Waals surface area contributed by atoms with Gasteiger partial charge in [0.15, 0.2) is 16.7 Å². The van der Waals surface area contributed by atoms with E-state index < -0.39 is 0 Å². The average molecular weight is 405 g/mol. The van der Waals surface area contributed by atoms with Crippen molar-refractivity contribution in [1.82, 2.24) is 5.32 Å². The van der Waals surface area contributed by atoms with E-state index in [1.807, 2.05) is 30.3 Å². The summed E-state index contributed by atoms with van der Waals surface area (Å²) >= 11 is 4.53. The predicted molar refractivity (Wildman–Crippen MR) is 99.6 cm³/mol. The van der Waals surface area contributed by atoms with Gasteiger partial charge >= 0.3 is 0 Å². The van der Waals surface area contributed by atoms with Gasteiger partial charge in [-0.1, -0.05) is 18.2 Å². The first-order valence-electron chi connectivity index (χ1n) is 6.98. The number of para-hydroxylation sites is 1. The molecule has 0 aromatic heterocycles. The number of methoxy groups -OCH3 is 1. The van der Waals surface area contributed by atoms with Crippen LogP contribution in [0.5, 0.6) is 11.5 Å². The van der Waals surface area contributed by atoms with Gasteiger partial charge in [-0.3, -0.25) is 4.79 Å². The van der Waals surface area contributed by atoms with Crippen molar-refractivity contribution in [2.24, 2.45) is 4.99 Å². The molecule has 2 aromatic carbocycles. The molecule has 7 heteroatoms. The van der Waals surface area contributed by atoms with Crippen LogP contribution >= 0.6 is 27.7 Å². The zero-order chi connectivity index (χ0) is 17.1. The number of amidine groups is 1. The van der Waals surface area contributed by atoms with Crippen molar-refractivity contribution in [3.63, 3.8) is 0 Å².